The zero-order valence-corrected chi connectivity index (χ0v) is 14.9. The van der Waals surface area contributed by atoms with Gasteiger partial charge in [0.15, 0.2) is 11.6 Å². The molecule has 3 aromatic rings. The molecule has 3 rings (SSSR count). The third-order valence-electron chi connectivity index (χ3n) is 4.23. The third kappa shape index (κ3) is 4.12. The van der Waals surface area contributed by atoms with Crippen molar-refractivity contribution in [1.29, 1.82) is 0 Å². The van der Waals surface area contributed by atoms with E-state index in [4.69, 9.17) is 11.5 Å². The fourth-order valence-electron chi connectivity index (χ4n) is 2.68. The van der Waals surface area contributed by atoms with E-state index in [-0.39, 0.29) is 23.2 Å². The van der Waals surface area contributed by atoms with Crippen LogP contribution in [0.25, 0.3) is 10.9 Å². The zero-order chi connectivity index (χ0) is 19.4. The second-order valence-electron chi connectivity index (χ2n) is 6.10. The number of pyridine rings is 2. The number of carbonyl (C=O) groups excluding carboxylic acids is 1. The molecule has 8 heteroatoms. The highest BCUT2D eigenvalue weighted by Crippen LogP contribution is 2.26. The molecule has 0 aliphatic carbocycles. The van der Waals surface area contributed by atoms with Crippen molar-refractivity contribution in [3.05, 3.63) is 54.0 Å². The van der Waals surface area contributed by atoms with Gasteiger partial charge in [-0.25, -0.2) is 9.37 Å². The van der Waals surface area contributed by atoms with Crippen LogP contribution in [0.15, 0.2) is 42.6 Å². The topological polar surface area (TPSA) is 119 Å². The molecular formula is C19H21FN6O. The second-order valence-corrected chi connectivity index (χ2v) is 6.10. The van der Waals surface area contributed by atoms with E-state index in [2.05, 4.69) is 20.6 Å². The molecule has 140 valence electrons. The van der Waals surface area contributed by atoms with Crippen LogP contribution in [0.2, 0.25) is 0 Å². The number of fused-ring (bicyclic) bond motifs is 1. The van der Waals surface area contributed by atoms with Crippen molar-refractivity contribution >= 4 is 34.1 Å². The van der Waals surface area contributed by atoms with Crippen molar-refractivity contribution in [2.75, 3.05) is 17.2 Å². The molecule has 0 saturated heterocycles. The highest BCUT2D eigenvalue weighted by molar-refractivity contribution is 5.99. The Balaban J connectivity index is 1.99. The Morgan fingerprint density at radius 2 is 2.07 bits per heavy atom. The molecule has 0 saturated carbocycles. The highest BCUT2D eigenvalue weighted by atomic mass is 19.1. The van der Waals surface area contributed by atoms with Gasteiger partial charge >= 0.3 is 0 Å². The van der Waals surface area contributed by atoms with Crippen molar-refractivity contribution in [2.24, 2.45) is 11.5 Å². The predicted octanol–water partition coefficient (Wildman–Crippen LogP) is 2.76. The van der Waals surface area contributed by atoms with E-state index < -0.39 is 11.7 Å². The Kier molecular flexibility index (Phi) is 5.46. The van der Waals surface area contributed by atoms with Crippen molar-refractivity contribution < 1.29 is 9.18 Å². The van der Waals surface area contributed by atoms with Gasteiger partial charge in [0.25, 0.3) is 5.91 Å². The smallest absolute Gasteiger partial charge is 0.252 e. The van der Waals surface area contributed by atoms with E-state index in [9.17, 15) is 9.18 Å². The lowest BCUT2D eigenvalue weighted by atomic mass is 10.1. The van der Waals surface area contributed by atoms with Crippen LogP contribution >= 0.6 is 0 Å². The summed E-state index contributed by atoms with van der Waals surface area (Å²) in [6.07, 6.45) is 2.41. The van der Waals surface area contributed by atoms with Crippen molar-refractivity contribution in [3.63, 3.8) is 0 Å². The van der Waals surface area contributed by atoms with Crippen LogP contribution < -0.4 is 22.1 Å². The minimum Gasteiger partial charge on any atom is -0.365 e. The van der Waals surface area contributed by atoms with Gasteiger partial charge in [0.1, 0.15) is 5.82 Å². The first-order valence-electron chi connectivity index (χ1n) is 8.60. The standard InChI is InChI=1S/C19H21FN6O/c1-2-12(10-21)24-19-15(20)9-14(17(22)27)18(26-19)25-13-5-6-16-11(8-13)4-3-7-23-16/h3-9,12H,2,10,21H2,1H3,(H2,22,27)(H2,24,25,26)/t12-/m1/s1. The number of hydrogen-bond donors (Lipinski definition) is 4. The number of aromatic nitrogens is 2. The molecule has 27 heavy (non-hydrogen) atoms. The van der Waals surface area contributed by atoms with Gasteiger partial charge in [0.05, 0.1) is 11.1 Å². The molecule has 0 bridgehead atoms. The summed E-state index contributed by atoms with van der Waals surface area (Å²) in [5.74, 6) is -1.25. The summed E-state index contributed by atoms with van der Waals surface area (Å²) in [6, 6.07) is 10.2. The quantitative estimate of drug-likeness (QED) is 0.509. The molecule has 1 amide bonds. The number of halogens is 1. The van der Waals surface area contributed by atoms with Gasteiger partial charge in [-0.15, -0.1) is 0 Å². The number of nitrogens with zero attached hydrogens (tertiary/aromatic N) is 2. The Labute approximate surface area is 156 Å². The number of anilines is 3. The molecule has 2 aromatic heterocycles. The van der Waals surface area contributed by atoms with Crippen LogP contribution in [-0.2, 0) is 0 Å². The minimum absolute atomic E-state index is 0.0160. The lowest BCUT2D eigenvalue weighted by Crippen LogP contribution is -2.29. The maximum atomic E-state index is 14.4. The molecule has 0 radical (unpaired) electrons. The average Bonchev–Trinajstić information content (AvgIpc) is 2.67. The van der Waals surface area contributed by atoms with Crippen molar-refractivity contribution in [3.8, 4) is 0 Å². The van der Waals surface area contributed by atoms with Crippen LogP contribution in [-0.4, -0.2) is 28.5 Å². The Hall–Kier alpha value is -3.26. The fraction of sp³-hybridized carbons (Fsp3) is 0.211. The number of nitrogens with one attached hydrogen (secondary N) is 2. The molecule has 1 aromatic carbocycles. The minimum atomic E-state index is -0.774. The zero-order valence-electron chi connectivity index (χ0n) is 14.9. The van der Waals surface area contributed by atoms with Gasteiger partial charge in [-0.1, -0.05) is 13.0 Å². The van der Waals surface area contributed by atoms with Crippen molar-refractivity contribution in [1.82, 2.24) is 9.97 Å². The van der Waals surface area contributed by atoms with E-state index >= 15 is 0 Å². The van der Waals surface area contributed by atoms with E-state index in [0.29, 0.717) is 18.7 Å². The normalized spacial score (nSPS) is 12.0. The first-order chi connectivity index (χ1) is 13.0. The Morgan fingerprint density at radius 1 is 1.26 bits per heavy atom. The summed E-state index contributed by atoms with van der Waals surface area (Å²) in [7, 11) is 0. The average molecular weight is 368 g/mol. The first kappa shape index (κ1) is 18.5. The number of nitrogens with two attached hydrogens (primary N) is 2. The number of benzene rings is 1. The van der Waals surface area contributed by atoms with E-state index in [0.717, 1.165) is 17.0 Å². The largest absolute Gasteiger partial charge is 0.365 e. The molecule has 0 aliphatic heterocycles. The van der Waals surface area contributed by atoms with E-state index in [1.54, 1.807) is 12.3 Å². The molecule has 7 nitrogen and oxygen atoms in total. The molecule has 1 atom stereocenters. The maximum Gasteiger partial charge on any atom is 0.252 e. The van der Waals surface area contributed by atoms with Crippen LogP contribution in [0, 0.1) is 5.82 Å². The lowest BCUT2D eigenvalue weighted by Gasteiger charge is -2.18. The number of carbonyl (C=O) groups is 1. The van der Waals surface area contributed by atoms with Crippen LogP contribution in [0.1, 0.15) is 23.7 Å². The molecule has 6 N–H and O–H groups in total. The summed E-state index contributed by atoms with van der Waals surface area (Å²) in [4.78, 5) is 20.2. The Bertz CT molecular complexity index is 974. The SMILES string of the molecule is CC[C@H](CN)Nc1nc(Nc2ccc3ncccc3c2)c(C(N)=O)cc1F. The second kappa shape index (κ2) is 7.96. The highest BCUT2D eigenvalue weighted by Gasteiger charge is 2.17. The van der Waals surface area contributed by atoms with Gasteiger partial charge in [0, 0.05) is 29.9 Å². The van der Waals surface area contributed by atoms with Gasteiger partial charge in [-0.2, -0.15) is 0 Å². The van der Waals surface area contributed by atoms with E-state index in [1.165, 1.54) is 0 Å². The third-order valence-corrected chi connectivity index (χ3v) is 4.23. The van der Waals surface area contributed by atoms with Crippen molar-refractivity contribution in [2.45, 2.75) is 19.4 Å². The molecule has 0 spiro atoms. The summed E-state index contributed by atoms with van der Waals surface area (Å²) >= 11 is 0. The summed E-state index contributed by atoms with van der Waals surface area (Å²) in [5.41, 5.74) is 12.5. The maximum absolute atomic E-state index is 14.4. The van der Waals surface area contributed by atoms with Crippen LogP contribution in [0.3, 0.4) is 0 Å². The number of primary amides is 1. The fourth-order valence-corrected chi connectivity index (χ4v) is 2.68. The van der Waals surface area contributed by atoms with E-state index in [1.807, 2.05) is 31.2 Å². The van der Waals surface area contributed by atoms with Crippen LogP contribution in [0.5, 0.6) is 0 Å². The van der Waals surface area contributed by atoms with Gasteiger partial charge in [0.2, 0.25) is 0 Å². The van der Waals surface area contributed by atoms with Gasteiger partial charge < -0.3 is 22.1 Å². The lowest BCUT2D eigenvalue weighted by molar-refractivity contribution is 0.100. The number of amides is 1. The van der Waals surface area contributed by atoms with Crippen LogP contribution in [0.4, 0.5) is 21.7 Å². The molecule has 0 aliphatic rings. The molecule has 0 unspecified atom stereocenters. The molecular weight excluding hydrogens is 347 g/mol. The Morgan fingerprint density at radius 3 is 2.78 bits per heavy atom. The summed E-state index contributed by atoms with van der Waals surface area (Å²) < 4.78 is 14.4. The summed E-state index contributed by atoms with van der Waals surface area (Å²) in [5, 5.41) is 6.92. The molecule has 0 fully saturated rings. The predicted molar refractivity (Wildman–Crippen MR) is 104 cm³/mol. The number of hydrogen-bond acceptors (Lipinski definition) is 6. The first-order valence-corrected chi connectivity index (χ1v) is 8.60. The monoisotopic (exact) mass is 368 g/mol. The number of rotatable bonds is 7. The molecule has 2 heterocycles. The van der Waals surface area contributed by atoms with Gasteiger partial charge in [-0.05, 0) is 36.8 Å². The van der Waals surface area contributed by atoms with Gasteiger partial charge in [-0.3, -0.25) is 9.78 Å². The summed E-state index contributed by atoms with van der Waals surface area (Å²) in [6.45, 7) is 2.26.